The number of anilines is 2. The van der Waals surface area contributed by atoms with Crippen molar-refractivity contribution in [1.82, 2.24) is 39.0 Å². The van der Waals surface area contributed by atoms with E-state index in [9.17, 15) is 23.8 Å². The number of rotatable bonds is 8. The van der Waals surface area contributed by atoms with E-state index in [2.05, 4.69) is 52.8 Å². The third-order valence-corrected chi connectivity index (χ3v) is 19.8. The van der Waals surface area contributed by atoms with Gasteiger partial charge in [-0.05, 0) is 30.3 Å². The maximum absolute atomic E-state index is 16.7. The van der Waals surface area contributed by atoms with Crippen LogP contribution in [-0.2, 0) is 36.6 Å². The Bertz CT molecular complexity index is 2660. The first-order chi connectivity index (χ1) is 30.2. The van der Waals surface area contributed by atoms with Gasteiger partial charge in [0.05, 0.1) is 37.2 Å². The zero-order chi connectivity index (χ0) is 45.9. The molecule has 2 amide bonds. The van der Waals surface area contributed by atoms with Crippen LogP contribution in [0.15, 0.2) is 54.1 Å². The molecule has 4 aromatic heterocycles. The van der Waals surface area contributed by atoms with Crippen LogP contribution in [0.5, 0.6) is 0 Å². The van der Waals surface area contributed by atoms with Crippen molar-refractivity contribution in [2.45, 2.75) is 100 Å². The molecule has 5 aromatic rings. The van der Waals surface area contributed by atoms with Crippen molar-refractivity contribution in [1.29, 1.82) is 0 Å². The highest BCUT2D eigenvalue weighted by molar-refractivity contribution is 8.41. The molecule has 3 fully saturated rings. The molecule has 64 heavy (non-hydrogen) atoms. The monoisotopic (exact) mass is 980 g/mol. The Morgan fingerprint density at radius 2 is 1.78 bits per heavy atom. The number of carbonyl (C=O) groups is 2. The fourth-order valence-corrected chi connectivity index (χ4v) is 12.4. The number of imidazole rings is 2. The third-order valence-electron chi connectivity index (χ3n) is 11.4. The van der Waals surface area contributed by atoms with Gasteiger partial charge in [0.25, 0.3) is 11.5 Å². The van der Waals surface area contributed by atoms with E-state index in [1.54, 1.807) is 44.2 Å². The molecule has 8 rings (SSSR count). The van der Waals surface area contributed by atoms with E-state index in [4.69, 9.17) is 27.3 Å². The SMILES string of the molecule is CC(C)C(=O)Nc1nc2c(ncn2[C@@H]2S[C@@H]3COP(S)O[C@H]4[C@H](F)[C@H](n5cnc6c(NC(=O)c7ccccc7)ncnc65)O[C@@H]4COP(=O)(O)O[C@@H]2[C@@H]3O[Si](C)(C)C(C)(C)C)c(=O)[nH]1. The van der Waals surface area contributed by atoms with Crippen molar-refractivity contribution in [2.75, 3.05) is 23.8 Å². The Morgan fingerprint density at radius 3 is 2.50 bits per heavy atom. The average molecular weight is 981 g/mol. The number of fused-ring (bicyclic) bond motifs is 5. The molecule has 2 unspecified atom stereocenters. The van der Waals surface area contributed by atoms with Gasteiger partial charge in [-0.25, -0.2) is 28.9 Å². The number of halogens is 1. The van der Waals surface area contributed by atoms with E-state index in [0.717, 1.165) is 0 Å². The van der Waals surface area contributed by atoms with E-state index >= 15 is 4.39 Å². The molecule has 7 heterocycles. The molecular weight excluding hydrogens is 934 g/mol. The maximum Gasteiger partial charge on any atom is 0.472 e. The van der Waals surface area contributed by atoms with Crippen molar-refractivity contribution < 1.29 is 50.7 Å². The van der Waals surface area contributed by atoms with Gasteiger partial charge in [0, 0.05) is 11.5 Å². The van der Waals surface area contributed by atoms with Gasteiger partial charge in [-0.3, -0.25) is 42.9 Å². The minimum atomic E-state index is -5.09. The Kier molecular flexibility index (Phi) is 13.3. The van der Waals surface area contributed by atoms with Crippen LogP contribution in [0.25, 0.3) is 22.3 Å². The first kappa shape index (κ1) is 46.8. The Labute approximate surface area is 377 Å². The molecule has 10 atom stereocenters. The maximum atomic E-state index is 16.7. The lowest BCUT2D eigenvalue weighted by molar-refractivity contribution is -0.118. The van der Waals surface area contributed by atoms with E-state index in [0.29, 0.717) is 5.56 Å². The molecule has 3 aliphatic heterocycles. The number of aromatic nitrogens is 8. The van der Waals surface area contributed by atoms with Gasteiger partial charge >= 0.3 is 7.82 Å². The van der Waals surface area contributed by atoms with Gasteiger partial charge in [-0.15, -0.1) is 11.8 Å². The van der Waals surface area contributed by atoms with Crippen molar-refractivity contribution in [3.63, 3.8) is 0 Å². The van der Waals surface area contributed by atoms with Gasteiger partial charge in [-0.1, -0.05) is 65.1 Å². The number of ether oxygens (including phenoxy) is 1. The molecule has 21 nitrogen and oxygen atoms in total. The number of hydrogen-bond donors (Lipinski definition) is 5. The fourth-order valence-electron chi connectivity index (χ4n) is 6.97. The molecule has 0 saturated carbocycles. The number of alkyl halides is 1. The summed E-state index contributed by atoms with van der Waals surface area (Å²) in [7, 11) is -9.92. The highest BCUT2D eigenvalue weighted by Crippen LogP contribution is 2.58. The predicted octanol–water partition coefficient (Wildman–Crippen LogP) is 6.12. The normalized spacial score (nSPS) is 29.3. The van der Waals surface area contributed by atoms with Crippen LogP contribution < -0.4 is 16.2 Å². The van der Waals surface area contributed by atoms with Crippen LogP contribution >= 0.6 is 39.4 Å². The van der Waals surface area contributed by atoms with Crippen LogP contribution in [0, 0.1) is 5.92 Å². The summed E-state index contributed by atoms with van der Waals surface area (Å²) < 4.78 is 70.9. The zero-order valence-corrected chi connectivity index (χ0v) is 40.0. The Hall–Kier alpha value is -3.71. The van der Waals surface area contributed by atoms with Crippen LogP contribution in [-0.4, -0.2) is 113 Å². The zero-order valence-electron chi connectivity index (χ0n) is 35.5. The van der Waals surface area contributed by atoms with Crippen LogP contribution in [0.1, 0.15) is 56.6 Å². The molecule has 0 aliphatic carbocycles. The summed E-state index contributed by atoms with van der Waals surface area (Å²) in [6.45, 7) is 12.7. The molecule has 4 N–H and O–H groups in total. The number of aromatic amines is 1. The lowest BCUT2D eigenvalue weighted by Crippen LogP contribution is -2.50. The molecule has 1 aromatic carbocycles. The molecular formula is C37H47FN10O11P2S2Si. The van der Waals surface area contributed by atoms with E-state index in [-0.39, 0.29) is 51.6 Å². The summed E-state index contributed by atoms with van der Waals surface area (Å²) in [6.07, 6.45) is -4.53. The van der Waals surface area contributed by atoms with Gasteiger partial charge < -0.3 is 28.4 Å². The van der Waals surface area contributed by atoms with E-state index in [1.807, 2.05) is 33.9 Å². The standard InChI is InChI=1S/C37H47FN10O11P2S2Si/c1-18(2)31(49)45-36-44-30-24(33(51)46-36)42-17-48(30)35-27-26(59-64(6,7)37(3,4)5)21(63-35)14-54-60(62)57-25-20(13-55-61(52,53)58-27)56-34(22(25)38)47-16-41-23-28(39-15-40-29(23)47)43-32(50)19-11-9-8-10-12-19/h8-12,15-18,20-22,25-27,34-35,62H,13-14H2,1-7H3,(H,52,53)(H,39,40,43,50)(H2,44,45,46,49,51)/t20-,21-,22+,25-,26-,27-,34-,35-,60?/m1/s1. The fraction of sp³-hybridized carbons (Fsp3) is 0.514. The summed E-state index contributed by atoms with van der Waals surface area (Å²) in [5.41, 5.74) is 0.0118. The summed E-state index contributed by atoms with van der Waals surface area (Å²) in [4.78, 5) is 74.4. The number of hydrogen-bond acceptors (Lipinski definition) is 17. The average Bonchev–Trinajstić information content (AvgIpc) is 4.00. The van der Waals surface area contributed by atoms with E-state index < -0.39 is 95.1 Å². The van der Waals surface area contributed by atoms with E-state index in [1.165, 1.54) is 39.9 Å². The predicted molar refractivity (Wildman–Crippen MR) is 240 cm³/mol. The second kappa shape index (κ2) is 18.2. The van der Waals surface area contributed by atoms with Crippen molar-refractivity contribution in [2.24, 2.45) is 5.92 Å². The number of H-pyrrole nitrogens is 1. The molecule has 3 saturated heterocycles. The molecule has 3 aliphatic rings. The third kappa shape index (κ3) is 9.45. The number of phosphoric acid groups is 1. The van der Waals surface area contributed by atoms with Gasteiger partial charge in [0.2, 0.25) is 19.4 Å². The minimum absolute atomic E-state index is 0.0568. The Balaban J connectivity index is 1.10. The van der Waals surface area contributed by atoms with Crippen LogP contribution in [0.2, 0.25) is 18.1 Å². The molecule has 0 spiro atoms. The summed E-state index contributed by atoms with van der Waals surface area (Å²) >= 11 is 5.85. The lowest BCUT2D eigenvalue weighted by atomic mass is 10.1. The second-order valence-corrected chi connectivity index (χ2v) is 26.6. The number of thiol groups is 1. The summed E-state index contributed by atoms with van der Waals surface area (Å²) in [5, 5.41) is 3.43. The number of carbonyl (C=O) groups excluding carboxylic acids is 2. The minimum Gasteiger partial charge on any atom is -0.410 e. The van der Waals surface area contributed by atoms with Gasteiger partial charge in [0.15, 0.2) is 48.9 Å². The summed E-state index contributed by atoms with van der Waals surface area (Å²) in [5.74, 6) is -1.30. The first-order valence-electron chi connectivity index (χ1n) is 20.1. The number of amides is 2. The largest absolute Gasteiger partial charge is 0.472 e. The quantitative estimate of drug-likeness (QED) is 0.0666. The molecule has 27 heteroatoms. The van der Waals surface area contributed by atoms with Gasteiger partial charge in [-0.2, -0.15) is 4.98 Å². The number of phosphoric ester groups is 1. The highest BCUT2D eigenvalue weighted by Gasteiger charge is 2.55. The van der Waals surface area contributed by atoms with Crippen molar-refractivity contribution >= 4 is 93.6 Å². The van der Waals surface area contributed by atoms with Gasteiger partial charge in [0.1, 0.15) is 30.0 Å². The Morgan fingerprint density at radius 1 is 1.06 bits per heavy atom. The molecule has 2 bridgehead atoms. The number of thioether (sulfide) groups is 1. The first-order valence-corrected chi connectivity index (χ1v) is 27.8. The second-order valence-electron chi connectivity index (χ2n) is 17.1. The summed E-state index contributed by atoms with van der Waals surface area (Å²) in [6, 6.07) is 8.47. The smallest absolute Gasteiger partial charge is 0.410 e. The lowest BCUT2D eigenvalue weighted by Gasteiger charge is -2.41. The van der Waals surface area contributed by atoms with Crippen LogP contribution in [0.3, 0.4) is 0 Å². The highest BCUT2D eigenvalue weighted by atomic mass is 32.7. The number of nitrogens with zero attached hydrogens (tertiary/aromatic N) is 7. The number of benzene rings is 1. The van der Waals surface area contributed by atoms with Crippen molar-refractivity contribution in [3.05, 3.63) is 65.2 Å². The molecule has 0 radical (unpaired) electrons. The van der Waals surface area contributed by atoms with Crippen LogP contribution in [0.4, 0.5) is 16.2 Å². The molecule has 344 valence electrons. The topological polar surface area (TPSA) is 258 Å². The van der Waals surface area contributed by atoms with Crippen molar-refractivity contribution in [3.8, 4) is 0 Å². The number of nitrogens with one attached hydrogen (secondary N) is 3.